The standard InChI is InChI=1S/C50H38BN5O2.Pt/c1-32-15-13-16-33(2)45(32)51-46-38-21-9-10-22-40(38)55-43-26-25-37(30-44(43)56(49(46)55)48-47(58-51)39(27-28-52-48)50(3,4)5)57-36-20-14-19-35(29-36)54-31-53(34-17-7-6-8-18-34)41-23-11-12-24-42(41)54;/h6-28H,1-5H3;/q-2;. The van der Waals surface area contributed by atoms with Crippen LogP contribution < -0.4 is 24.9 Å². The minimum absolute atomic E-state index is 0. The summed E-state index contributed by atoms with van der Waals surface area (Å²) in [5, 5.41) is 1.14. The Morgan fingerprint density at radius 3 is 2.20 bits per heavy atom. The number of hydrogen-bond donors (Lipinski definition) is 0. The van der Waals surface area contributed by atoms with Crippen LogP contribution in [0.3, 0.4) is 0 Å². The molecule has 11 rings (SSSR count). The van der Waals surface area contributed by atoms with Gasteiger partial charge in [0.2, 0.25) is 0 Å². The predicted molar refractivity (Wildman–Crippen MR) is 231 cm³/mol. The van der Waals surface area contributed by atoms with Gasteiger partial charge in [-0.2, -0.15) is 12.1 Å². The third kappa shape index (κ3) is 5.76. The number of fused-ring (bicyclic) bond motifs is 9. The number of rotatable bonds is 5. The molecule has 290 valence electrons. The molecule has 0 saturated carbocycles. The van der Waals surface area contributed by atoms with Gasteiger partial charge in [0, 0.05) is 55.3 Å². The van der Waals surface area contributed by atoms with Crippen LogP contribution in [-0.4, -0.2) is 25.4 Å². The van der Waals surface area contributed by atoms with Crippen molar-refractivity contribution in [1.82, 2.24) is 18.5 Å². The second-order valence-electron chi connectivity index (χ2n) is 16.1. The van der Waals surface area contributed by atoms with Gasteiger partial charge in [-0.1, -0.05) is 111 Å². The molecule has 0 amide bonds. The molecule has 9 heteroatoms. The molecule has 10 aromatic rings. The quantitative estimate of drug-likeness (QED) is 0.0983. The monoisotopic (exact) mass is 946 g/mol. The van der Waals surface area contributed by atoms with E-state index in [0.717, 1.165) is 72.6 Å². The first-order chi connectivity index (χ1) is 28.2. The zero-order chi connectivity index (χ0) is 39.3. The average molecular weight is 947 g/mol. The first kappa shape index (κ1) is 36.9. The molecule has 0 N–H and O–H groups in total. The maximum atomic E-state index is 7.40. The Morgan fingerprint density at radius 1 is 0.695 bits per heavy atom. The summed E-state index contributed by atoms with van der Waals surface area (Å²) in [5.41, 5.74) is 13.3. The number of nitrogens with zero attached hydrogens (tertiary/aromatic N) is 5. The Balaban J connectivity index is 0.00000420. The van der Waals surface area contributed by atoms with Crippen LogP contribution in [0.2, 0.25) is 0 Å². The Labute approximate surface area is 357 Å². The zero-order valence-electron chi connectivity index (χ0n) is 33.2. The van der Waals surface area contributed by atoms with E-state index in [2.05, 4.69) is 145 Å². The summed E-state index contributed by atoms with van der Waals surface area (Å²) in [6.07, 6.45) is 5.46. The summed E-state index contributed by atoms with van der Waals surface area (Å²) in [4.78, 5) is 5.10. The minimum atomic E-state index is -0.388. The summed E-state index contributed by atoms with van der Waals surface area (Å²) >= 11 is 0. The van der Waals surface area contributed by atoms with Gasteiger partial charge in [-0.15, -0.1) is 30.3 Å². The molecule has 1 aliphatic rings. The molecular weight excluding hydrogens is 908 g/mol. The van der Waals surface area contributed by atoms with E-state index in [-0.39, 0.29) is 33.4 Å². The van der Waals surface area contributed by atoms with Gasteiger partial charge in [0.15, 0.2) is 5.82 Å². The molecule has 6 aromatic carbocycles. The summed E-state index contributed by atoms with van der Waals surface area (Å²) in [5.74, 6) is 2.63. The number of benzene rings is 6. The number of para-hydroxylation sites is 4. The fraction of sp³-hybridized carbons (Fsp3) is 0.120. The van der Waals surface area contributed by atoms with Crippen molar-refractivity contribution in [3.63, 3.8) is 0 Å². The zero-order valence-corrected chi connectivity index (χ0v) is 35.5. The SMILES string of the molecule is Cc1cccc(C)c1B1Oc2c(C(C)(C)C)ccnc2-n2c3[c-]c(Oc4[c-]c(-n5[c-][n+](-c6ccccc6)c6ccccc65)ccc4)ccc3n3c4ccccc4c1c23.[Pt]. The van der Waals surface area contributed by atoms with Gasteiger partial charge in [0.25, 0.3) is 6.33 Å². The van der Waals surface area contributed by atoms with Gasteiger partial charge in [-0.25, -0.2) is 4.98 Å². The molecule has 0 bridgehead atoms. The molecule has 4 aromatic heterocycles. The molecule has 7 nitrogen and oxygen atoms in total. The summed E-state index contributed by atoms with van der Waals surface area (Å²) < 4.78 is 22.7. The van der Waals surface area contributed by atoms with E-state index in [1.807, 2.05) is 65.4 Å². The van der Waals surface area contributed by atoms with Crippen molar-refractivity contribution in [3.05, 3.63) is 175 Å². The Bertz CT molecular complexity index is 3250. The van der Waals surface area contributed by atoms with Gasteiger partial charge >= 0.3 is 6.92 Å². The number of hydrogen-bond acceptors (Lipinski definition) is 3. The van der Waals surface area contributed by atoms with E-state index in [1.54, 1.807) is 0 Å². The summed E-state index contributed by atoms with van der Waals surface area (Å²) in [7, 11) is 0. The Kier molecular flexibility index (Phi) is 8.69. The molecule has 59 heavy (non-hydrogen) atoms. The first-order valence-electron chi connectivity index (χ1n) is 19.7. The Morgan fingerprint density at radius 2 is 1.41 bits per heavy atom. The second-order valence-corrected chi connectivity index (χ2v) is 16.1. The molecule has 0 saturated heterocycles. The van der Waals surface area contributed by atoms with Crippen molar-refractivity contribution in [2.45, 2.75) is 40.0 Å². The molecule has 0 unspecified atom stereocenters. The van der Waals surface area contributed by atoms with Crippen molar-refractivity contribution < 1.29 is 35.0 Å². The molecule has 0 radical (unpaired) electrons. The van der Waals surface area contributed by atoms with Crippen LogP contribution in [0.1, 0.15) is 37.5 Å². The number of aryl methyl sites for hydroxylation is 2. The molecule has 0 fully saturated rings. The van der Waals surface area contributed by atoms with Gasteiger partial charge in [-0.05, 0) is 71.1 Å². The average Bonchev–Trinajstić information content (AvgIpc) is 3.85. The first-order valence-corrected chi connectivity index (χ1v) is 19.7. The predicted octanol–water partition coefficient (Wildman–Crippen LogP) is 9.25. The van der Waals surface area contributed by atoms with Crippen LogP contribution in [0.4, 0.5) is 0 Å². The maximum Gasteiger partial charge on any atom is 0.431 e. The van der Waals surface area contributed by atoms with E-state index < -0.39 is 0 Å². The number of ether oxygens (including phenoxy) is 1. The van der Waals surface area contributed by atoms with E-state index in [4.69, 9.17) is 14.4 Å². The van der Waals surface area contributed by atoms with Crippen LogP contribution >= 0.6 is 0 Å². The molecule has 0 spiro atoms. The molecule has 1 aliphatic heterocycles. The van der Waals surface area contributed by atoms with Gasteiger partial charge < -0.3 is 22.9 Å². The topological polar surface area (TPSA) is 49.5 Å². The molecule has 0 atom stereocenters. The number of aromatic nitrogens is 5. The fourth-order valence-electron chi connectivity index (χ4n) is 8.83. The van der Waals surface area contributed by atoms with Crippen molar-refractivity contribution in [2.24, 2.45) is 0 Å². The largest absolute Gasteiger partial charge is 0.548 e. The minimum Gasteiger partial charge on any atom is -0.548 e. The smallest absolute Gasteiger partial charge is 0.431 e. The van der Waals surface area contributed by atoms with Crippen LogP contribution in [-0.2, 0) is 26.5 Å². The fourth-order valence-corrected chi connectivity index (χ4v) is 8.83. The van der Waals surface area contributed by atoms with Gasteiger partial charge in [0.05, 0.1) is 16.7 Å². The third-order valence-electron chi connectivity index (χ3n) is 11.4. The van der Waals surface area contributed by atoms with Gasteiger partial charge in [-0.3, -0.25) is 4.57 Å². The number of imidazole rings is 2. The molecular formula is C50H38BN5O2Pt-2. The summed E-state index contributed by atoms with van der Waals surface area (Å²) in [6, 6.07) is 53.0. The maximum absolute atomic E-state index is 7.40. The third-order valence-corrected chi connectivity index (χ3v) is 11.4. The molecule has 5 heterocycles. The Hall–Kier alpha value is -6.37. The van der Waals surface area contributed by atoms with Gasteiger partial charge in [0.1, 0.15) is 11.4 Å². The van der Waals surface area contributed by atoms with E-state index in [0.29, 0.717) is 11.5 Å². The van der Waals surface area contributed by atoms with Crippen molar-refractivity contribution >= 4 is 56.5 Å². The molecule has 0 aliphatic carbocycles. The van der Waals surface area contributed by atoms with Crippen LogP contribution in [0, 0.1) is 32.3 Å². The van der Waals surface area contributed by atoms with Crippen molar-refractivity contribution in [1.29, 1.82) is 0 Å². The van der Waals surface area contributed by atoms with Crippen molar-refractivity contribution in [2.75, 3.05) is 0 Å². The summed E-state index contributed by atoms with van der Waals surface area (Å²) in [6.45, 7) is 10.6. The van der Waals surface area contributed by atoms with E-state index >= 15 is 0 Å². The van der Waals surface area contributed by atoms with Crippen LogP contribution in [0.5, 0.6) is 17.2 Å². The van der Waals surface area contributed by atoms with E-state index in [1.165, 1.54) is 16.6 Å². The second kappa shape index (κ2) is 13.9. The van der Waals surface area contributed by atoms with E-state index in [9.17, 15) is 0 Å². The van der Waals surface area contributed by atoms with Crippen LogP contribution in [0.15, 0.2) is 140 Å². The van der Waals surface area contributed by atoms with Crippen molar-refractivity contribution in [3.8, 4) is 34.4 Å². The normalized spacial score (nSPS) is 12.5. The van der Waals surface area contributed by atoms with Crippen LogP contribution in [0.25, 0.3) is 55.8 Å². The number of pyridine rings is 1.